The minimum absolute atomic E-state index is 0.0216. The SMILES string of the molecule is CCc1nnc(C23CC4CC(CC(C4)C2)C3)c(=O)n1N. The van der Waals surface area contributed by atoms with Crippen LogP contribution in [-0.4, -0.2) is 14.9 Å². The van der Waals surface area contributed by atoms with Crippen molar-refractivity contribution in [2.45, 2.75) is 57.3 Å². The molecule has 0 amide bonds. The van der Waals surface area contributed by atoms with Crippen LogP contribution in [0.15, 0.2) is 4.79 Å². The van der Waals surface area contributed by atoms with E-state index in [1.807, 2.05) is 6.92 Å². The quantitative estimate of drug-likeness (QED) is 0.827. The van der Waals surface area contributed by atoms with Crippen LogP contribution in [0.2, 0.25) is 0 Å². The molecule has 0 aromatic carbocycles. The Balaban J connectivity index is 1.81. The molecule has 1 heterocycles. The van der Waals surface area contributed by atoms with E-state index in [4.69, 9.17) is 5.84 Å². The summed E-state index contributed by atoms with van der Waals surface area (Å²) in [5, 5.41) is 8.54. The molecule has 5 rings (SSSR count). The number of nitrogens with zero attached hydrogens (tertiary/aromatic N) is 3. The molecule has 20 heavy (non-hydrogen) atoms. The van der Waals surface area contributed by atoms with Crippen LogP contribution in [-0.2, 0) is 11.8 Å². The minimum atomic E-state index is -0.112. The summed E-state index contributed by atoms with van der Waals surface area (Å²) in [5.41, 5.74) is 0.516. The summed E-state index contributed by atoms with van der Waals surface area (Å²) in [7, 11) is 0. The number of nitrogen functional groups attached to an aromatic ring is 1. The first-order chi connectivity index (χ1) is 9.61. The lowest BCUT2D eigenvalue weighted by Gasteiger charge is -2.56. The van der Waals surface area contributed by atoms with E-state index in [0.717, 1.165) is 37.0 Å². The van der Waals surface area contributed by atoms with Crippen LogP contribution in [0.25, 0.3) is 0 Å². The Labute approximate surface area is 118 Å². The van der Waals surface area contributed by atoms with E-state index in [9.17, 15) is 4.79 Å². The number of rotatable bonds is 2. The Kier molecular flexibility index (Phi) is 2.51. The van der Waals surface area contributed by atoms with Crippen LogP contribution in [0.4, 0.5) is 0 Å². The number of hydrogen-bond donors (Lipinski definition) is 1. The largest absolute Gasteiger partial charge is 0.335 e. The fraction of sp³-hybridized carbons (Fsp3) is 0.800. The van der Waals surface area contributed by atoms with Gasteiger partial charge in [0.25, 0.3) is 5.56 Å². The number of aromatic nitrogens is 3. The average molecular weight is 274 g/mol. The van der Waals surface area contributed by atoms with Gasteiger partial charge in [-0.05, 0) is 56.3 Å². The van der Waals surface area contributed by atoms with E-state index < -0.39 is 0 Å². The lowest BCUT2D eigenvalue weighted by atomic mass is 9.49. The molecule has 4 bridgehead atoms. The van der Waals surface area contributed by atoms with Gasteiger partial charge in [0, 0.05) is 11.8 Å². The first-order valence-electron chi connectivity index (χ1n) is 7.85. The first-order valence-corrected chi connectivity index (χ1v) is 7.85. The van der Waals surface area contributed by atoms with E-state index in [-0.39, 0.29) is 11.0 Å². The highest BCUT2D eigenvalue weighted by Crippen LogP contribution is 2.59. The Bertz CT molecular complexity index is 571. The fourth-order valence-corrected chi connectivity index (χ4v) is 5.40. The molecule has 0 spiro atoms. The molecule has 1 aromatic heterocycles. The second-order valence-corrected chi connectivity index (χ2v) is 7.19. The Morgan fingerprint density at radius 3 is 2.20 bits per heavy atom. The third-order valence-electron chi connectivity index (χ3n) is 5.82. The van der Waals surface area contributed by atoms with Crippen molar-refractivity contribution in [1.82, 2.24) is 14.9 Å². The van der Waals surface area contributed by atoms with Gasteiger partial charge in [0.15, 0.2) is 5.82 Å². The zero-order valence-electron chi connectivity index (χ0n) is 12.0. The maximum atomic E-state index is 12.6. The van der Waals surface area contributed by atoms with Crippen molar-refractivity contribution >= 4 is 0 Å². The molecule has 1 aromatic rings. The van der Waals surface area contributed by atoms with Crippen molar-refractivity contribution in [2.24, 2.45) is 17.8 Å². The van der Waals surface area contributed by atoms with Gasteiger partial charge in [0.1, 0.15) is 5.69 Å². The molecule has 2 N–H and O–H groups in total. The molecular formula is C15H22N4O. The smallest absolute Gasteiger partial charge is 0.294 e. The van der Waals surface area contributed by atoms with Gasteiger partial charge in [-0.2, -0.15) is 0 Å². The molecule has 4 aliphatic carbocycles. The summed E-state index contributed by atoms with van der Waals surface area (Å²) in [6, 6.07) is 0. The first kappa shape index (κ1) is 12.4. The zero-order chi connectivity index (χ0) is 13.9. The van der Waals surface area contributed by atoms with Gasteiger partial charge in [-0.25, -0.2) is 4.68 Å². The number of nitrogens with two attached hydrogens (primary N) is 1. The van der Waals surface area contributed by atoms with Gasteiger partial charge in [0.2, 0.25) is 0 Å². The maximum absolute atomic E-state index is 12.6. The van der Waals surface area contributed by atoms with Crippen LogP contribution in [0.3, 0.4) is 0 Å². The topological polar surface area (TPSA) is 73.8 Å². The summed E-state index contributed by atoms with van der Waals surface area (Å²) >= 11 is 0. The summed E-state index contributed by atoms with van der Waals surface area (Å²) in [4.78, 5) is 12.6. The second-order valence-electron chi connectivity index (χ2n) is 7.19. The molecule has 0 aliphatic heterocycles. The van der Waals surface area contributed by atoms with Crippen LogP contribution in [0, 0.1) is 17.8 Å². The molecule has 4 saturated carbocycles. The van der Waals surface area contributed by atoms with Crippen LogP contribution >= 0.6 is 0 Å². The standard InChI is InChI=1S/C15H22N4O/c1-2-12-17-18-13(14(20)19(12)16)15-6-9-3-10(7-15)5-11(4-9)8-15/h9-11H,2-8,16H2,1H3. The molecule has 0 atom stereocenters. The van der Waals surface area contributed by atoms with Crippen LogP contribution in [0.5, 0.6) is 0 Å². The van der Waals surface area contributed by atoms with Gasteiger partial charge >= 0.3 is 0 Å². The molecule has 0 saturated heterocycles. The summed E-state index contributed by atoms with van der Waals surface area (Å²) < 4.78 is 1.22. The molecule has 0 unspecified atom stereocenters. The fourth-order valence-electron chi connectivity index (χ4n) is 5.40. The Morgan fingerprint density at radius 1 is 1.15 bits per heavy atom. The Hall–Kier alpha value is -1.39. The highest BCUT2D eigenvalue weighted by Gasteiger charge is 2.53. The van der Waals surface area contributed by atoms with E-state index in [1.54, 1.807) is 0 Å². The normalized spacial score (nSPS) is 38.4. The number of aryl methyl sites for hydroxylation is 1. The van der Waals surface area contributed by atoms with E-state index in [1.165, 1.54) is 23.9 Å². The van der Waals surface area contributed by atoms with Crippen molar-refractivity contribution in [1.29, 1.82) is 0 Å². The van der Waals surface area contributed by atoms with Gasteiger partial charge in [-0.15, -0.1) is 10.2 Å². The third kappa shape index (κ3) is 1.58. The van der Waals surface area contributed by atoms with Crippen molar-refractivity contribution in [3.05, 3.63) is 21.9 Å². The van der Waals surface area contributed by atoms with Gasteiger partial charge < -0.3 is 5.84 Å². The average Bonchev–Trinajstić information content (AvgIpc) is 2.40. The third-order valence-corrected chi connectivity index (χ3v) is 5.82. The molecule has 5 heteroatoms. The predicted molar refractivity (Wildman–Crippen MR) is 75.7 cm³/mol. The van der Waals surface area contributed by atoms with E-state index in [2.05, 4.69) is 10.2 Å². The summed E-state index contributed by atoms with van der Waals surface area (Å²) in [6.45, 7) is 1.94. The van der Waals surface area contributed by atoms with Crippen molar-refractivity contribution in [2.75, 3.05) is 5.84 Å². The van der Waals surface area contributed by atoms with E-state index in [0.29, 0.717) is 17.9 Å². The molecule has 4 aliphatic rings. The van der Waals surface area contributed by atoms with Crippen LogP contribution in [0.1, 0.15) is 57.0 Å². The van der Waals surface area contributed by atoms with Crippen molar-refractivity contribution in [3.8, 4) is 0 Å². The molecular weight excluding hydrogens is 252 g/mol. The lowest BCUT2D eigenvalue weighted by molar-refractivity contribution is -0.00859. The lowest BCUT2D eigenvalue weighted by Crippen LogP contribution is -2.52. The van der Waals surface area contributed by atoms with Gasteiger partial charge in [-0.3, -0.25) is 4.79 Å². The predicted octanol–water partition coefficient (Wildman–Crippen LogP) is 1.38. The van der Waals surface area contributed by atoms with E-state index >= 15 is 0 Å². The summed E-state index contributed by atoms with van der Waals surface area (Å²) in [5.74, 6) is 8.86. The van der Waals surface area contributed by atoms with Gasteiger partial charge in [0.05, 0.1) is 0 Å². The second kappa shape index (κ2) is 4.06. The Morgan fingerprint density at radius 2 is 1.70 bits per heavy atom. The molecule has 4 fully saturated rings. The zero-order valence-corrected chi connectivity index (χ0v) is 12.0. The minimum Gasteiger partial charge on any atom is -0.335 e. The van der Waals surface area contributed by atoms with Crippen molar-refractivity contribution < 1.29 is 0 Å². The van der Waals surface area contributed by atoms with Crippen molar-refractivity contribution in [3.63, 3.8) is 0 Å². The summed E-state index contributed by atoms with van der Waals surface area (Å²) in [6.07, 6.45) is 8.07. The monoisotopic (exact) mass is 274 g/mol. The molecule has 0 radical (unpaired) electrons. The maximum Gasteiger partial charge on any atom is 0.294 e. The molecule has 5 nitrogen and oxygen atoms in total. The molecule has 108 valence electrons. The highest BCUT2D eigenvalue weighted by molar-refractivity contribution is 5.20. The van der Waals surface area contributed by atoms with Crippen LogP contribution < -0.4 is 11.4 Å². The van der Waals surface area contributed by atoms with Gasteiger partial charge in [-0.1, -0.05) is 6.92 Å². The highest BCUT2D eigenvalue weighted by atomic mass is 16.1. The number of hydrogen-bond acceptors (Lipinski definition) is 4.